The number of furan rings is 1. The van der Waals surface area contributed by atoms with Crippen LogP contribution in [0.15, 0.2) is 53.1 Å². The van der Waals surface area contributed by atoms with Gasteiger partial charge in [-0.2, -0.15) is 13.2 Å². The molecule has 3 aromatic rings. The summed E-state index contributed by atoms with van der Waals surface area (Å²) >= 11 is 5.85. The minimum absolute atomic E-state index is 0.101. The first-order chi connectivity index (χ1) is 13.7. The molecule has 3 rings (SSSR count). The fourth-order valence-electron chi connectivity index (χ4n) is 2.52. The van der Waals surface area contributed by atoms with Crippen molar-refractivity contribution in [2.75, 3.05) is 6.61 Å². The molecule has 0 fully saturated rings. The number of halogens is 4. The largest absolute Gasteiger partial charge is 0.468 e. The molecular weight excluding hydrogens is 409 g/mol. The standard InChI is InChI=1S/C20H16ClF3N2O3/c1-12-8-13(10-26-19(12)28-11-20(22,23)24)9-25-18(27)17-7-6-16(29-17)14-2-4-15(21)5-3-14/h2-8,10H,9,11H2,1H3,(H,25,27). The molecule has 2 heterocycles. The number of aromatic nitrogens is 1. The molecule has 0 aliphatic carbocycles. The van der Waals surface area contributed by atoms with Crippen molar-refractivity contribution in [2.24, 2.45) is 0 Å². The molecular formula is C20H16ClF3N2O3. The number of carbonyl (C=O) groups is 1. The summed E-state index contributed by atoms with van der Waals surface area (Å²) in [6.07, 6.45) is -3.09. The molecule has 0 aliphatic heterocycles. The molecule has 0 bridgehead atoms. The topological polar surface area (TPSA) is 64.4 Å². The van der Waals surface area contributed by atoms with Crippen molar-refractivity contribution >= 4 is 17.5 Å². The number of nitrogens with zero attached hydrogens (tertiary/aromatic N) is 1. The summed E-state index contributed by atoms with van der Waals surface area (Å²) in [7, 11) is 0. The van der Waals surface area contributed by atoms with E-state index in [2.05, 4.69) is 15.0 Å². The van der Waals surface area contributed by atoms with Crippen LogP contribution < -0.4 is 10.1 Å². The highest BCUT2D eigenvalue weighted by atomic mass is 35.5. The zero-order valence-electron chi connectivity index (χ0n) is 15.2. The molecule has 29 heavy (non-hydrogen) atoms. The van der Waals surface area contributed by atoms with Crippen LogP contribution in [-0.4, -0.2) is 23.7 Å². The summed E-state index contributed by atoms with van der Waals surface area (Å²) in [6.45, 7) is 0.295. The number of pyridine rings is 1. The van der Waals surface area contributed by atoms with Gasteiger partial charge in [0.05, 0.1) is 0 Å². The van der Waals surface area contributed by atoms with Crippen molar-refractivity contribution in [2.45, 2.75) is 19.6 Å². The third kappa shape index (κ3) is 5.74. The minimum Gasteiger partial charge on any atom is -0.468 e. The van der Waals surface area contributed by atoms with Gasteiger partial charge in [0.2, 0.25) is 5.88 Å². The van der Waals surface area contributed by atoms with E-state index in [-0.39, 0.29) is 18.2 Å². The van der Waals surface area contributed by atoms with Crippen molar-refractivity contribution < 1.29 is 27.1 Å². The summed E-state index contributed by atoms with van der Waals surface area (Å²) < 4.78 is 46.9. The van der Waals surface area contributed by atoms with Gasteiger partial charge in [0.25, 0.3) is 5.91 Å². The SMILES string of the molecule is Cc1cc(CNC(=O)c2ccc(-c3ccc(Cl)cc3)o2)cnc1OCC(F)(F)F. The van der Waals surface area contributed by atoms with Crippen LogP contribution in [0.2, 0.25) is 5.02 Å². The second-order valence-electron chi connectivity index (χ2n) is 6.22. The Morgan fingerprint density at radius 3 is 2.59 bits per heavy atom. The second kappa shape index (κ2) is 8.57. The smallest absolute Gasteiger partial charge is 0.422 e. The summed E-state index contributed by atoms with van der Waals surface area (Å²) in [5.74, 6) is 0.122. The molecule has 1 N–H and O–H groups in total. The zero-order valence-corrected chi connectivity index (χ0v) is 16.0. The van der Waals surface area contributed by atoms with Gasteiger partial charge in [0.15, 0.2) is 12.4 Å². The lowest BCUT2D eigenvalue weighted by molar-refractivity contribution is -0.154. The van der Waals surface area contributed by atoms with Crippen molar-refractivity contribution in [3.63, 3.8) is 0 Å². The van der Waals surface area contributed by atoms with Crippen LogP contribution in [-0.2, 0) is 6.54 Å². The third-order valence-electron chi connectivity index (χ3n) is 3.87. The lowest BCUT2D eigenvalue weighted by atomic mass is 10.2. The van der Waals surface area contributed by atoms with Crippen molar-refractivity contribution in [3.05, 3.63) is 70.6 Å². The van der Waals surface area contributed by atoms with E-state index < -0.39 is 18.7 Å². The maximum absolute atomic E-state index is 12.3. The van der Waals surface area contributed by atoms with Crippen molar-refractivity contribution in [1.29, 1.82) is 0 Å². The predicted octanol–water partition coefficient (Wildman–Crippen LogP) is 5.17. The fraction of sp³-hybridized carbons (Fsp3) is 0.200. The summed E-state index contributed by atoms with van der Waals surface area (Å²) in [6, 6.07) is 11.8. The number of alkyl halides is 3. The van der Waals surface area contributed by atoms with E-state index in [1.165, 1.54) is 6.20 Å². The first kappa shape index (κ1) is 20.7. The molecule has 0 radical (unpaired) electrons. The molecule has 0 unspecified atom stereocenters. The maximum atomic E-state index is 12.3. The van der Waals surface area contributed by atoms with Gasteiger partial charge in [-0.1, -0.05) is 11.6 Å². The Labute approximate surface area is 169 Å². The lowest BCUT2D eigenvalue weighted by Gasteiger charge is -2.11. The Morgan fingerprint density at radius 2 is 1.93 bits per heavy atom. The average molecular weight is 425 g/mol. The van der Waals surface area contributed by atoms with E-state index in [0.29, 0.717) is 21.9 Å². The summed E-state index contributed by atoms with van der Waals surface area (Å²) in [5, 5.41) is 3.27. The first-order valence-electron chi connectivity index (χ1n) is 8.50. The number of amides is 1. The summed E-state index contributed by atoms with van der Waals surface area (Å²) in [5.41, 5.74) is 1.83. The molecule has 9 heteroatoms. The van der Waals surface area contributed by atoms with Crippen LogP contribution >= 0.6 is 11.6 Å². The van der Waals surface area contributed by atoms with Crippen LogP contribution in [0.25, 0.3) is 11.3 Å². The number of benzene rings is 1. The third-order valence-corrected chi connectivity index (χ3v) is 4.12. The highest BCUT2D eigenvalue weighted by Gasteiger charge is 2.29. The molecule has 152 valence electrons. The van der Waals surface area contributed by atoms with E-state index in [4.69, 9.17) is 16.0 Å². The molecule has 1 amide bonds. The van der Waals surface area contributed by atoms with Gasteiger partial charge in [-0.25, -0.2) is 4.98 Å². The quantitative estimate of drug-likeness (QED) is 0.592. The molecule has 0 saturated carbocycles. The van der Waals surface area contributed by atoms with Crippen LogP contribution in [0.1, 0.15) is 21.7 Å². The predicted molar refractivity (Wildman–Crippen MR) is 101 cm³/mol. The number of aryl methyl sites for hydroxylation is 1. The van der Waals surface area contributed by atoms with Crippen LogP contribution in [0.4, 0.5) is 13.2 Å². The van der Waals surface area contributed by atoms with Gasteiger partial charge in [-0.3, -0.25) is 4.79 Å². The molecule has 0 atom stereocenters. The van der Waals surface area contributed by atoms with E-state index in [1.54, 1.807) is 49.4 Å². The van der Waals surface area contributed by atoms with Gasteiger partial charge in [-0.05, 0) is 55.0 Å². The van der Waals surface area contributed by atoms with Gasteiger partial charge < -0.3 is 14.5 Å². The Bertz CT molecular complexity index is 1000. The van der Waals surface area contributed by atoms with E-state index in [9.17, 15) is 18.0 Å². The highest BCUT2D eigenvalue weighted by molar-refractivity contribution is 6.30. The number of hydrogen-bond donors (Lipinski definition) is 1. The molecule has 1 aromatic carbocycles. The Hall–Kier alpha value is -3.00. The highest BCUT2D eigenvalue weighted by Crippen LogP contribution is 2.24. The van der Waals surface area contributed by atoms with E-state index in [1.807, 2.05) is 0 Å². The number of hydrogen-bond acceptors (Lipinski definition) is 4. The normalized spacial score (nSPS) is 11.3. The monoisotopic (exact) mass is 424 g/mol. The average Bonchev–Trinajstić information content (AvgIpc) is 3.15. The number of nitrogens with one attached hydrogen (secondary N) is 1. The van der Waals surface area contributed by atoms with Crippen LogP contribution in [0.3, 0.4) is 0 Å². The number of rotatable bonds is 6. The van der Waals surface area contributed by atoms with Crippen LogP contribution in [0.5, 0.6) is 5.88 Å². The zero-order chi connectivity index (χ0) is 21.0. The molecule has 0 aliphatic rings. The maximum Gasteiger partial charge on any atom is 0.422 e. The number of ether oxygens (including phenoxy) is 1. The van der Waals surface area contributed by atoms with Gasteiger partial charge in [-0.15, -0.1) is 0 Å². The van der Waals surface area contributed by atoms with Gasteiger partial charge in [0, 0.05) is 28.9 Å². The fourth-order valence-corrected chi connectivity index (χ4v) is 2.64. The van der Waals surface area contributed by atoms with E-state index in [0.717, 1.165) is 5.56 Å². The van der Waals surface area contributed by atoms with Crippen molar-refractivity contribution in [3.8, 4) is 17.2 Å². The molecule has 0 saturated heterocycles. The molecule has 2 aromatic heterocycles. The minimum atomic E-state index is -4.44. The lowest BCUT2D eigenvalue weighted by Crippen LogP contribution is -2.22. The molecule has 5 nitrogen and oxygen atoms in total. The van der Waals surface area contributed by atoms with Gasteiger partial charge in [0.1, 0.15) is 5.76 Å². The molecule has 0 spiro atoms. The number of carbonyl (C=O) groups excluding carboxylic acids is 1. The van der Waals surface area contributed by atoms with Crippen molar-refractivity contribution in [1.82, 2.24) is 10.3 Å². The van der Waals surface area contributed by atoms with Crippen LogP contribution in [0, 0.1) is 6.92 Å². The Balaban J connectivity index is 1.59. The first-order valence-corrected chi connectivity index (χ1v) is 8.88. The Morgan fingerprint density at radius 1 is 1.21 bits per heavy atom. The summed E-state index contributed by atoms with van der Waals surface area (Å²) in [4.78, 5) is 16.2. The van der Waals surface area contributed by atoms with E-state index >= 15 is 0 Å². The Kier molecular flexibility index (Phi) is 6.12. The van der Waals surface area contributed by atoms with Gasteiger partial charge >= 0.3 is 6.18 Å². The second-order valence-corrected chi connectivity index (χ2v) is 6.66.